The lowest BCUT2D eigenvalue weighted by Gasteiger charge is -2.13. The van der Waals surface area contributed by atoms with Crippen LogP contribution in [0.4, 0.5) is 0 Å². The van der Waals surface area contributed by atoms with E-state index in [1.165, 1.54) is 27.1 Å². The third-order valence-electron chi connectivity index (χ3n) is 18.0. The van der Waals surface area contributed by atoms with Crippen LogP contribution in [0.15, 0.2) is 328 Å². The summed E-state index contributed by atoms with van der Waals surface area (Å²) in [7, 11) is 0. The Kier molecular flexibility index (Phi) is 13.0. The molecule has 0 amide bonds. The molecule has 0 aliphatic carbocycles. The lowest BCUT2D eigenvalue weighted by Crippen LogP contribution is -2.07. The first-order chi connectivity index (χ1) is 46.7. The van der Waals surface area contributed by atoms with E-state index in [0.29, 0.717) is 35.2 Å². The first-order valence-electron chi connectivity index (χ1n) is 31.5. The summed E-state index contributed by atoms with van der Waals surface area (Å²) in [5.74, 6) is 3.67. The molecule has 6 aromatic heterocycles. The number of nitrogens with zero attached hydrogens (tertiary/aromatic N) is 10. The molecular formula is C84H54N10. The second-order valence-corrected chi connectivity index (χ2v) is 23.4. The van der Waals surface area contributed by atoms with Crippen LogP contribution in [-0.2, 0) is 0 Å². The summed E-state index contributed by atoms with van der Waals surface area (Å²) in [5.41, 5.74) is 17.0. The minimum absolute atomic E-state index is 0.574. The number of fused-ring (bicyclic) bond motifs is 14. The molecule has 0 bridgehead atoms. The van der Waals surface area contributed by atoms with Crippen molar-refractivity contribution < 1.29 is 0 Å². The molecule has 10 nitrogen and oxygen atoms in total. The smallest absolute Gasteiger partial charge is 0.238 e. The van der Waals surface area contributed by atoms with Crippen molar-refractivity contribution >= 4 is 87.2 Å². The second kappa shape index (κ2) is 22.5. The number of para-hydroxylation sites is 6. The molecular weight excluding hydrogens is 1150 g/mol. The van der Waals surface area contributed by atoms with Gasteiger partial charge in [0.1, 0.15) is 0 Å². The predicted octanol–water partition coefficient (Wildman–Crippen LogP) is 20.5. The molecule has 13 aromatic carbocycles. The molecule has 19 aromatic rings. The van der Waals surface area contributed by atoms with E-state index in [0.717, 1.165) is 105 Å². The van der Waals surface area contributed by atoms with Crippen molar-refractivity contribution in [3.05, 3.63) is 328 Å². The normalized spacial score (nSPS) is 11.6. The zero-order valence-electron chi connectivity index (χ0n) is 50.6. The van der Waals surface area contributed by atoms with Crippen LogP contribution in [0.5, 0.6) is 0 Å². The maximum atomic E-state index is 5.27. The van der Waals surface area contributed by atoms with Gasteiger partial charge in [-0.2, -0.15) is 19.9 Å². The van der Waals surface area contributed by atoms with Crippen LogP contribution >= 0.6 is 0 Å². The predicted molar refractivity (Wildman–Crippen MR) is 384 cm³/mol. The average molecular weight is 1200 g/mol. The van der Waals surface area contributed by atoms with Crippen molar-refractivity contribution in [1.82, 2.24) is 48.2 Å². The molecule has 0 aliphatic heterocycles. The molecule has 0 spiro atoms. The van der Waals surface area contributed by atoms with Gasteiger partial charge < -0.3 is 9.13 Å². The Morgan fingerprint density at radius 2 is 0.383 bits per heavy atom. The molecule has 10 heteroatoms. The highest BCUT2D eigenvalue weighted by atomic mass is 15.2. The minimum atomic E-state index is 0.574. The van der Waals surface area contributed by atoms with Gasteiger partial charge in [0.05, 0.1) is 44.1 Å². The monoisotopic (exact) mass is 1200 g/mol. The van der Waals surface area contributed by atoms with Crippen molar-refractivity contribution in [3.8, 4) is 79.9 Å². The molecule has 0 saturated heterocycles. The molecule has 0 aliphatic rings. The molecule has 94 heavy (non-hydrogen) atoms. The number of hydrogen-bond acceptors (Lipinski definition) is 6. The van der Waals surface area contributed by atoms with Crippen LogP contribution in [0.3, 0.4) is 0 Å². The van der Waals surface area contributed by atoms with Crippen LogP contribution in [0, 0.1) is 0 Å². The van der Waals surface area contributed by atoms with Crippen LogP contribution in [-0.4, -0.2) is 48.2 Å². The quantitative estimate of drug-likeness (QED) is 0.143. The van der Waals surface area contributed by atoms with Gasteiger partial charge in [0, 0.05) is 76.7 Å². The number of benzene rings is 13. The van der Waals surface area contributed by atoms with E-state index >= 15 is 0 Å². The zero-order valence-corrected chi connectivity index (χ0v) is 50.6. The average Bonchev–Trinajstić information content (AvgIpc) is 1.55. The third-order valence-corrected chi connectivity index (χ3v) is 18.0. The third kappa shape index (κ3) is 9.03. The Labute approximate surface area is 539 Å². The Hall–Kier alpha value is -12.9. The fraction of sp³-hybridized carbons (Fsp3) is 0. The molecule has 0 saturated carbocycles. The number of hydrogen-bond donors (Lipinski definition) is 0. The summed E-state index contributed by atoms with van der Waals surface area (Å²) in [6, 6.07) is 114. The molecule has 6 heterocycles. The van der Waals surface area contributed by atoms with Gasteiger partial charge in [0.15, 0.2) is 23.3 Å². The molecule has 0 fully saturated rings. The molecule has 0 unspecified atom stereocenters. The lowest BCUT2D eigenvalue weighted by molar-refractivity contribution is 0.953. The standard InChI is InChI=1S/C45H29N5.C39H25N5/c1-4-14-30(15-5-1)31-24-26-33(27-25-31)44-46-43(32-16-6-2-7-17-32)47-45(48-44)50-40-23-13-11-21-36(40)38-29-28-37-35-20-10-12-22-39(35)49(41(37)42(38)50)34-18-8-3-9-19-34;1-4-14-26(15-5-1)37-40-38(27-16-6-2-7-17-27)42-39(41-37)44-34-23-13-11-21-30(34)32-25-24-31-29-20-10-12-22-33(29)43(35(31)36(32)44)28-18-8-3-9-19-28/h1-29H;1-25H. The van der Waals surface area contributed by atoms with E-state index in [-0.39, 0.29) is 0 Å². The molecule has 0 N–H and O–H groups in total. The van der Waals surface area contributed by atoms with E-state index in [1.54, 1.807) is 0 Å². The highest BCUT2D eigenvalue weighted by Gasteiger charge is 2.26. The van der Waals surface area contributed by atoms with Gasteiger partial charge in [-0.3, -0.25) is 9.13 Å². The lowest BCUT2D eigenvalue weighted by atomic mass is 10.0. The first-order valence-corrected chi connectivity index (χ1v) is 31.5. The topological polar surface area (TPSA) is 97.1 Å². The van der Waals surface area contributed by atoms with Crippen LogP contribution in [0.2, 0.25) is 0 Å². The maximum absolute atomic E-state index is 5.27. The van der Waals surface area contributed by atoms with E-state index in [4.69, 9.17) is 29.9 Å². The van der Waals surface area contributed by atoms with Gasteiger partial charge in [-0.1, -0.05) is 279 Å². The number of rotatable bonds is 9. The summed E-state index contributed by atoms with van der Waals surface area (Å²) in [4.78, 5) is 30.9. The second-order valence-electron chi connectivity index (χ2n) is 23.4. The summed E-state index contributed by atoms with van der Waals surface area (Å²) in [6.07, 6.45) is 0. The first kappa shape index (κ1) is 54.1. The van der Waals surface area contributed by atoms with Crippen molar-refractivity contribution in [2.24, 2.45) is 0 Å². The highest BCUT2D eigenvalue weighted by Crippen LogP contribution is 2.44. The van der Waals surface area contributed by atoms with Gasteiger partial charge in [0.2, 0.25) is 11.9 Å². The molecule has 440 valence electrons. The van der Waals surface area contributed by atoms with Crippen LogP contribution < -0.4 is 0 Å². The Balaban J connectivity index is 0.000000139. The van der Waals surface area contributed by atoms with Crippen molar-refractivity contribution in [2.75, 3.05) is 0 Å². The van der Waals surface area contributed by atoms with E-state index in [1.807, 2.05) is 84.9 Å². The minimum Gasteiger partial charge on any atom is -0.307 e. The fourth-order valence-electron chi connectivity index (χ4n) is 13.8. The summed E-state index contributed by atoms with van der Waals surface area (Å²) in [5, 5.41) is 9.35. The van der Waals surface area contributed by atoms with Crippen molar-refractivity contribution in [1.29, 1.82) is 0 Å². The van der Waals surface area contributed by atoms with E-state index in [2.05, 4.69) is 261 Å². The van der Waals surface area contributed by atoms with Crippen molar-refractivity contribution in [3.63, 3.8) is 0 Å². The Morgan fingerprint density at radius 1 is 0.160 bits per heavy atom. The SMILES string of the molecule is c1ccc(-c2ccc(-c3nc(-c4ccccc4)nc(-n4c5ccccc5c5ccc6c7ccccc7n(-c7ccccc7)c6c54)n3)cc2)cc1.c1ccc(-c2nc(-c3ccccc3)nc(-n3c4ccccc4c4ccc5c6ccccc6n(-c6ccccc6)c5c43)n2)cc1. The van der Waals surface area contributed by atoms with Gasteiger partial charge in [-0.05, 0) is 59.7 Å². The van der Waals surface area contributed by atoms with E-state index < -0.39 is 0 Å². The summed E-state index contributed by atoms with van der Waals surface area (Å²) in [6.45, 7) is 0. The summed E-state index contributed by atoms with van der Waals surface area (Å²) < 4.78 is 9.22. The van der Waals surface area contributed by atoms with Gasteiger partial charge in [-0.15, -0.1) is 0 Å². The molecule has 0 atom stereocenters. The fourth-order valence-corrected chi connectivity index (χ4v) is 13.8. The summed E-state index contributed by atoms with van der Waals surface area (Å²) >= 11 is 0. The van der Waals surface area contributed by atoms with E-state index in [9.17, 15) is 0 Å². The largest absolute Gasteiger partial charge is 0.307 e. The Bertz CT molecular complexity index is 6000. The molecule has 0 radical (unpaired) electrons. The Morgan fingerprint density at radius 3 is 0.702 bits per heavy atom. The van der Waals surface area contributed by atoms with Crippen molar-refractivity contribution in [2.45, 2.75) is 0 Å². The van der Waals surface area contributed by atoms with Gasteiger partial charge >= 0.3 is 0 Å². The number of aromatic nitrogens is 10. The van der Waals surface area contributed by atoms with Gasteiger partial charge in [-0.25, -0.2) is 9.97 Å². The van der Waals surface area contributed by atoms with Crippen LogP contribution in [0.1, 0.15) is 0 Å². The molecule has 19 rings (SSSR count). The van der Waals surface area contributed by atoms with Gasteiger partial charge in [0.25, 0.3) is 0 Å². The zero-order chi connectivity index (χ0) is 62.1. The maximum Gasteiger partial charge on any atom is 0.238 e. The van der Waals surface area contributed by atoms with Crippen LogP contribution in [0.25, 0.3) is 167 Å². The highest BCUT2D eigenvalue weighted by molar-refractivity contribution is 6.25.